The molecule has 0 aromatic carbocycles. The summed E-state index contributed by atoms with van der Waals surface area (Å²) in [5.74, 6) is 1.90. The van der Waals surface area contributed by atoms with Crippen LogP contribution in [-0.4, -0.2) is 47.0 Å². The van der Waals surface area contributed by atoms with E-state index in [9.17, 15) is 4.79 Å². The third kappa shape index (κ3) is 2.91. The van der Waals surface area contributed by atoms with E-state index in [0.29, 0.717) is 5.69 Å². The van der Waals surface area contributed by atoms with E-state index in [1.165, 1.54) is 0 Å². The Labute approximate surface area is 135 Å². The quantitative estimate of drug-likeness (QED) is 0.868. The number of fused-ring (bicyclic) bond motifs is 1. The number of hydrogen-bond donors (Lipinski definition) is 0. The van der Waals surface area contributed by atoms with E-state index in [1.54, 1.807) is 6.26 Å². The average molecular weight is 315 g/mol. The molecule has 2 aromatic heterocycles. The number of aryl methyl sites for hydroxylation is 1. The standard InChI is InChI=1S/C17H21N3O3/c21-17(16-14-5-1-2-6-15(14)23-18-16)20-9-7-19(8-10-20)12-13-4-3-11-22-13/h3-4,11H,1-2,5-10,12H2. The van der Waals surface area contributed by atoms with Gasteiger partial charge in [-0.15, -0.1) is 0 Å². The molecule has 0 atom stereocenters. The molecular formula is C17H21N3O3. The van der Waals surface area contributed by atoms with Gasteiger partial charge in [-0.05, 0) is 31.4 Å². The van der Waals surface area contributed by atoms with Crippen LogP contribution in [0.1, 0.15) is 40.4 Å². The molecule has 0 saturated carbocycles. The lowest BCUT2D eigenvalue weighted by atomic mass is 9.96. The van der Waals surface area contributed by atoms with Gasteiger partial charge in [0.1, 0.15) is 11.5 Å². The number of amides is 1. The molecule has 6 nitrogen and oxygen atoms in total. The summed E-state index contributed by atoms with van der Waals surface area (Å²) in [4.78, 5) is 16.9. The van der Waals surface area contributed by atoms with Gasteiger partial charge in [0.05, 0.1) is 12.8 Å². The fourth-order valence-corrected chi connectivity index (χ4v) is 3.43. The van der Waals surface area contributed by atoms with Gasteiger partial charge in [0.2, 0.25) is 0 Å². The van der Waals surface area contributed by atoms with Crippen molar-refractivity contribution in [1.29, 1.82) is 0 Å². The Morgan fingerprint density at radius 1 is 1.17 bits per heavy atom. The minimum atomic E-state index is 0.0227. The molecule has 1 aliphatic heterocycles. The molecule has 0 spiro atoms. The van der Waals surface area contributed by atoms with Crippen molar-refractivity contribution >= 4 is 5.91 Å². The maximum absolute atomic E-state index is 12.7. The van der Waals surface area contributed by atoms with Crippen LogP contribution in [0.15, 0.2) is 27.3 Å². The summed E-state index contributed by atoms with van der Waals surface area (Å²) in [6, 6.07) is 3.89. The second kappa shape index (κ2) is 6.20. The summed E-state index contributed by atoms with van der Waals surface area (Å²) in [7, 11) is 0. The highest BCUT2D eigenvalue weighted by Gasteiger charge is 2.29. The minimum absolute atomic E-state index is 0.0227. The Hall–Kier alpha value is -2.08. The van der Waals surface area contributed by atoms with Gasteiger partial charge in [-0.2, -0.15) is 0 Å². The lowest BCUT2D eigenvalue weighted by Gasteiger charge is -2.34. The van der Waals surface area contributed by atoms with Crippen LogP contribution >= 0.6 is 0 Å². The molecule has 1 saturated heterocycles. The van der Waals surface area contributed by atoms with Crippen LogP contribution in [0.5, 0.6) is 0 Å². The zero-order valence-corrected chi connectivity index (χ0v) is 13.2. The molecule has 0 bridgehead atoms. The van der Waals surface area contributed by atoms with Crippen molar-refractivity contribution in [3.63, 3.8) is 0 Å². The molecule has 1 amide bonds. The van der Waals surface area contributed by atoms with Crippen molar-refractivity contribution in [2.24, 2.45) is 0 Å². The highest BCUT2D eigenvalue weighted by atomic mass is 16.5. The molecule has 0 radical (unpaired) electrons. The fourth-order valence-electron chi connectivity index (χ4n) is 3.43. The Bertz CT molecular complexity index is 669. The van der Waals surface area contributed by atoms with E-state index in [1.807, 2.05) is 17.0 Å². The van der Waals surface area contributed by atoms with Gasteiger partial charge in [-0.1, -0.05) is 5.16 Å². The van der Waals surface area contributed by atoms with Gasteiger partial charge in [0.15, 0.2) is 5.69 Å². The number of carbonyl (C=O) groups is 1. The monoisotopic (exact) mass is 315 g/mol. The summed E-state index contributed by atoms with van der Waals surface area (Å²) in [5.41, 5.74) is 1.58. The molecule has 23 heavy (non-hydrogen) atoms. The summed E-state index contributed by atoms with van der Waals surface area (Å²) in [6.07, 6.45) is 5.76. The molecule has 122 valence electrons. The largest absolute Gasteiger partial charge is 0.468 e. The smallest absolute Gasteiger partial charge is 0.276 e. The first-order valence-electron chi connectivity index (χ1n) is 8.33. The van der Waals surface area contributed by atoms with Crippen LogP contribution < -0.4 is 0 Å². The van der Waals surface area contributed by atoms with Crippen molar-refractivity contribution < 1.29 is 13.7 Å². The predicted molar refractivity (Wildman–Crippen MR) is 83.0 cm³/mol. The first-order valence-corrected chi connectivity index (χ1v) is 8.33. The van der Waals surface area contributed by atoms with E-state index < -0.39 is 0 Å². The Kier molecular flexibility index (Phi) is 3.91. The summed E-state index contributed by atoms with van der Waals surface area (Å²) in [6.45, 7) is 3.95. The number of carbonyl (C=O) groups excluding carboxylic acids is 1. The maximum atomic E-state index is 12.7. The summed E-state index contributed by atoms with van der Waals surface area (Å²) in [5, 5.41) is 4.06. The first-order chi connectivity index (χ1) is 11.3. The van der Waals surface area contributed by atoms with E-state index in [-0.39, 0.29) is 5.91 Å². The minimum Gasteiger partial charge on any atom is -0.468 e. The van der Waals surface area contributed by atoms with Gasteiger partial charge in [-0.3, -0.25) is 9.69 Å². The Morgan fingerprint density at radius 2 is 2.00 bits per heavy atom. The second-order valence-corrected chi connectivity index (χ2v) is 6.29. The number of piperazine rings is 1. The van der Waals surface area contributed by atoms with Crippen LogP contribution in [-0.2, 0) is 19.4 Å². The number of rotatable bonds is 3. The van der Waals surface area contributed by atoms with E-state index in [0.717, 1.165) is 75.5 Å². The van der Waals surface area contributed by atoms with Gasteiger partial charge < -0.3 is 13.8 Å². The summed E-state index contributed by atoms with van der Waals surface area (Å²) >= 11 is 0. The lowest BCUT2D eigenvalue weighted by molar-refractivity contribution is 0.0609. The fraction of sp³-hybridized carbons (Fsp3) is 0.529. The second-order valence-electron chi connectivity index (χ2n) is 6.29. The Balaban J connectivity index is 1.38. The maximum Gasteiger partial charge on any atom is 0.276 e. The van der Waals surface area contributed by atoms with Crippen molar-refractivity contribution in [2.45, 2.75) is 32.2 Å². The molecule has 2 aromatic rings. The van der Waals surface area contributed by atoms with Crippen LogP contribution in [0, 0.1) is 0 Å². The predicted octanol–water partition coefficient (Wildman–Crippen LogP) is 2.10. The van der Waals surface area contributed by atoms with Gasteiger partial charge >= 0.3 is 0 Å². The molecular weight excluding hydrogens is 294 g/mol. The highest BCUT2D eigenvalue weighted by molar-refractivity contribution is 5.94. The molecule has 1 fully saturated rings. The lowest BCUT2D eigenvalue weighted by Crippen LogP contribution is -2.48. The van der Waals surface area contributed by atoms with Crippen LogP contribution in [0.25, 0.3) is 0 Å². The van der Waals surface area contributed by atoms with Crippen LogP contribution in [0.2, 0.25) is 0 Å². The topological polar surface area (TPSA) is 62.7 Å². The molecule has 3 heterocycles. The van der Waals surface area contributed by atoms with Crippen LogP contribution in [0.4, 0.5) is 0 Å². The highest BCUT2D eigenvalue weighted by Crippen LogP contribution is 2.25. The summed E-state index contributed by atoms with van der Waals surface area (Å²) < 4.78 is 10.8. The number of furan rings is 1. The van der Waals surface area contributed by atoms with Crippen LogP contribution in [0.3, 0.4) is 0 Å². The van der Waals surface area contributed by atoms with Gasteiger partial charge in [0.25, 0.3) is 5.91 Å². The molecule has 0 unspecified atom stereocenters. The number of nitrogens with zero attached hydrogens (tertiary/aromatic N) is 3. The molecule has 4 rings (SSSR count). The third-order valence-corrected chi connectivity index (χ3v) is 4.77. The molecule has 1 aliphatic carbocycles. The van der Waals surface area contributed by atoms with E-state index in [2.05, 4.69) is 10.1 Å². The van der Waals surface area contributed by atoms with Crippen molar-refractivity contribution in [3.8, 4) is 0 Å². The van der Waals surface area contributed by atoms with Crippen molar-refractivity contribution in [3.05, 3.63) is 41.2 Å². The zero-order valence-electron chi connectivity index (χ0n) is 13.2. The average Bonchev–Trinajstić information content (AvgIpc) is 3.24. The van der Waals surface area contributed by atoms with Crippen molar-refractivity contribution in [1.82, 2.24) is 15.0 Å². The molecule has 2 aliphatic rings. The normalized spacial score (nSPS) is 18.9. The molecule has 0 N–H and O–H groups in total. The number of hydrogen-bond acceptors (Lipinski definition) is 5. The van der Waals surface area contributed by atoms with E-state index >= 15 is 0 Å². The molecule has 6 heteroatoms. The number of aromatic nitrogens is 1. The Morgan fingerprint density at radius 3 is 2.78 bits per heavy atom. The zero-order chi connectivity index (χ0) is 15.6. The van der Waals surface area contributed by atoms with Crippen molar-refractivity contribution in [2.75, 3.05) is 26.2 Å². The van der Waals surface area contributed by atoms with Gasteiger partial charge in [-0.25, -0.2) is 0 Å². The SMILES string of the molecule is O=C(c1noc2c1CCCC2)N1CCN(Cc2ccco2)CC1. The first kappa shape index (κ1) is 14.5. The third-order valence-electron chi connectivity index (χ3n) is 4.77. The van der Waals surface area contributed by atoms with E-state index in [4.69, 9.17) is 8.94 Å². The van der Waals surface area contributed by atoms with Gasteiger partial charge in [0, 0.05) is 38.2 Å².